The van der Waals surface area contributed by atoms with E-state index in [-0.39, 0.29) is 5.78 Å². The van der Waals surface area contributed by atoms with Crippen LogP contribution in [0, 0.1) is 0 Å². The summed E-state index contributed by atoms with van der Waals surface area (Å²) in [7, 11) is 0. The Morgan fingerprint density at radius 3 is 2.31 bits per heavy atom. The van der Waals surface area contributed by atoms with Crippen molar-refractivity contribution in [3.63, 3.8) is 0 Å². The number of Topliss-reactive ketones (excluding diaryl/α,β-unsaturated/α-hetero) is 1. The van der Waals surface area contributed by atoms with Crippen LogP contribution in [0.15, 0.2) is 30.3 Å². The number of hydrogen-bond donors (Lipinski definition) is 2. The van der Waals surface area contributed by atoms with Crippen LogP contribution in [0.3, 0.4) is 0 Å². The third-order valence-electron chi connectivity index (χ3n) is 2.03. The van der Waals surface area contributed by atoms with Crippen molar-refractivity contribution in [2.75, 3.05) is 0 Å². The molecule has 3 nitrogen and oxygen atoms in total. The summed E-state index contributed by atoms with van der Waals surface area (Å²) in [6, 6.07) is 9.00. The summed E-state index contributed by atoms with van der Waals surface area (Å²) in [6.07, 6.45) is 0.349. The highest BCUT2D eigenvalue weighted by Crippen LogP contribution is 2.14. The number of hydrogen-bond acceptors (Lipinski definition) is 3. The Morgan fingerprint density at radius 2 is 1.85 bits per heavy atom. The lowest BCUT2D eigenvalue weighted by Crippen LogP contribution is -2.52. The largest absolute Gasteiger partial charge is 0.303 e. The van der Waals surface area contributed by atoms with E-state index in [9.17, 15) is 4.79 Å². The Morgan fingerprint density at radius 1 is 1.31 bits per heavy atom. The second kappa shape index (κ2) is 3.68. The van der Waals surface area contributed by atoms with Gasteiger partial charge in [-0.25, -0.2) is 0 Å². The smallest absolute Gasteiger partial charge is 0.171 e. The van der Waals surface area contributed by atoms with Crippen molar-refractivity contribution in [3.8, 4) is 0 Å². The molecular weight excluding hydrogens is 164 g/mol. The van der Waals surface area contributed by atoms with Crippen molar-refractivity contribution >= 4 is 5.78 Å². The van der Waals surface area contributed by atoms with Crippen molar-refractivity contribution in [2.24, 2.45) is 11.5 Å². The fraction of sp³-hybridized carbons (Fsp3) is 0.300. The van der Waals surface area contributed by atoms with Crippen molar-refractivity contribution in [3.05, 3.63) is 35.9 Å². The maximum atomic E-state index is 11.4. The first-order chi connectivity index (χ1) is 6.09. The molecule has 0 saturated heterocycles. The van der Waals surface area contributed by atoms with Crippen LogP contribution in [0.5, 0.6) is 0 Å². The molecule has 13 heavy (non-hydrogen) atoms. The number of nitrogens with two attached hydrogens (primary N) is 2. The van der Waals surface area contributed by atoms with Crippen LogP contribution < -0.4 is 11.5 Å². The van der Waals surface area contributed by atoms with Crippen LogP contribution in [0.25, 0.3) is 0 Å². The minimum Gasteiger partial charge on any atom is -0.303 e. The Kier molecular flexibility index (Phi) is 2.80. The van der Waals surface area contributed by atoms with Gasteiger partial charge in [0.25, 0.3) is 0 Å². The molecular formula is C10H14N2O. The number of carbonyl (C=O) groups excluding carboxylic acids is 1. The van der Waals surface area contributed by atoms with Crippen LogP contribution in [-0.2, 0) is 10.5 Å². The summed E-state index contributed by atoms with van der Waals surface area (Å²) < 4.78 is 0. The Labute approximate surface area is 77.7 Å². The Hall–Kier alpha value is -1.19. The van der Waals surface area contributed by atoms with Crippen molar-refractivity contribution in [1.82, 2.24) is 0 Å². The highest BCUT2D eigenvalue weighted by atomic mass is 16.1. The second-order valence-electron chi connectivity index (χ2n) is 3.01. The lowest BCUT2D eigenvalue weighted by Gasteiger charge is -2.22. The molecule has 0 spiro atoms. The van der Waals surface area contributed by atoms with Gasteiger partial charge in [-0.15, -0.1) is 0 Å². The molecule has 0 aliphatic rings. The molecule has 0 bridgehead atoms. The fourth-order valence-electron chi connectivity index (χ4n) is 1.17. The monoisotopic (exact) mass is 178 g/mol. The van der Waals surface area contributed by atoms with Gasteiger partial charge in [0.15, 0.2) is 11.4 Å². The molecule has 0 unspecified atom stereocenters. The van der Waals surface area contributed by atoms with Gasteiger partial charge >= 0.3 is 0 Å². The average molecular weight is 178 g/mol. The SMILES string of the molecule is CCC(=O)C(N)(N)c1ccccc1. The minimum absolute atomic E-state index is 0.154. The average Bonchev–Trinajstić information content (AvgIpc) is 2.18. The quantitative estimate of drug-likeness (QED) is 0.670. The lowest BCUT2D eigenvalue weighted by molar-refractivity contribution is -0.124. The zero-order chi connectivity index (χ0) is 9.90. The molecule has 0 heterocycles. The normalized spacial score (nSPS) is 11.3. The molecule has 70 valence electrons. The molecule has 3 heteroatoms. The van der Waals surface area contributed by atoms with Crippen molar-refractivity contribution in [2.45, 2.75) is 19.0 Å². The van der Waals surface area contributed by atoms with E-state index >= 15 is 0 Å². The molecule has 0 aliphatic carbocycles. The minimum atomic E-state index is -1.34. The van der Waals surface area contributed by atoms with Crippen molar-refractivity contribution in [1.29, 1.82) is 0 Å². The Bertz CT molecular complexity index is 293. The van der Waals surface area contributed by atoms with E-state index in [0.717, 1.165) is 0 Å². The van der Waals surface area contributed by atoms with E-state index in [1.807, 2.05) is 18.2 Å². The Balaban J connectivity index is 3.00. The van der Waals surface area contributed by atoms with E-state index in [0.29, 0.717) is 12.0 Å². The first-order valence-corrected chi connectivity index (χ1v) is 4.25. The van der Waals surface area contributed by atoms with Gasteiger partial charge in [0, 0.05) is 6.42 Å². The second-order valence-corrected chi connectivity index (χ2v) is 3.01. The summed E-state index contributed by atoms with van der Waals surface area (Å²) in [6.45, 7) is 1.75. The van der Waals surface area contributed by atoms with Gasteiger partial charge in [0.2, 0.25) is 0 Å². The molecule has 0 aliphatic heterocycles. The third-order valence-corrected chi connectivity index (χ3v) is 2.03. The molecule has 0 amide bonds. The molecule has 4 N–H and O–H groups in total. The molecule has 1 rings (SSSR count). The summed E-state index contributed by atoms with van der Waals surface area (Å²) in [4.78, 5) is 11.4. The number of carbonyl (C=O) groups is 1. The maximum Gasteiger partial charge on any atom is 0.171 e. The van der Waals surface area contributed by atoms with Gasteiger partial charge in [0.05, 0.1) is 0 Å². The standard InChI is InChI=1S/C10H14N2O/c1-2-9(13)10(11,12)8-6-4-3-5-7-8/h3-7H,2,11-12H2,1H3. The fourth-order valence-corrected chi connectivity index (χ4v) is 1.17. The molecule has 0 saturated carbocycles. The topological polar surface area (TPSA) is 69.1 Å². The van der Waals surface area contributed by atoms with E-state index < -0.39 is 5.66 Å². The van der Waals surface area contributed by atoms with E-state index in [1.54, 1.807) is 19.1 Å². The van der Waals surface area contributed by atoms with Gasteiger partial charge < -0.3 is 11.5 Å². The molecule has 0 radical (unpaired) electrons. The predicted octanol–water partition coefficient (Wildman–Crippen LogP) is 0.736. The van der Waals surface area contributed by atoms with Crippen LogP contribution in [0.4, 0.5) is 0 Å². The lowest BCUT2D eigenvalue weighted by atomic mass is 9.95. The molecule has 1 aromatic rings. The van der Waals surface area contributed by atoms with Crippen LogP contribution in [-0.4, -0.2) is 5.78 Å². The van der Waals surface area contributed by atoms with Crippen molar-refractivity contribution < 1.29 is 4.79 Å². The molecule has 0 fully saturated rings. The summed E-state index contributed by atoms with van der Waals surface area (Å²) in [5.74, 6) is -0.154. The van der Waals surface area contributed by atoms with Crippen LogP contribution in [0.1, 0.15) is 18.9 Å². The van der Waals surface area contributed by atoms with Crippen LogP contribution in [0.2, 0.25) is 0 Å². The number of ketones is 1. The van der Waals surface area contributed by atoms with Gasteiger partial charge in [-0.05, 0) is 5.56 Å². The summed E-state index contributed by atoms with van der Waals surface area (Å²) >= 11 is 0. The highest BCUT2D eigenvalue weighted by Gasteiger charge is 2.28. The van der Waals surface area contributed by atoms with E-state index in [1.165, 1.54) is 0 Å². The highest BCUT2D eigenvalue weighted by molar-refractivity contribution is 5.88. The first-order valence-electron chi connectivity index (χ1n) is 4.25. The first kappa shape index (κ1) is 9.89. The third kappa shape index (κ3) is 1.94. The number of rotatable bonds is 3. The maximum absolute atomic E-state index is 11.4. The van der Waals surface area contributed by atoms with Gasteiger partial charge in [0.1, 0.15) is 0 Å². The van der Waals surface area contributed by atoms with Gasteiger partial charge in [-0.2, -0.15) is 0 Å². The molecule has 0 aromatic heterocycles. The molecule has 0 atom stereocenters. The molecule has 1 aromatic carbocycles. The summed E-state index contributed by atoms with van der Waals surface area (Å²) in [5, 5.41) is 0. The predicted molar refractivity (Wildman–Crippen MR) is 51.8 cm³/mol. The van der Waals surface area contributed by atoms with Gasteiger partial charge in [-0.1, -0.05) is 37.3 Å². The van der Waals surface area contributed by atoms with E-state index in [4.69, 9.17) is 11.5 Å². The zero-order valence-electron chi connectivity index (χ0n) is 7.66. The number of benzene rings is 1. The van der Waals surface area contributed by atoms with Crippen LogP contribution >= 0.6 is 0 Å². The zero-order valence-corrected chi connectivity index (χ0v) is 7.66. The van der Waals surface area contributed by atoms with Gasteiger partial charge in [-0.3, -0.25) is 4.79 Å². The summed E-state index contributed by atoms with van der Waals surface area (Å²) in [5.41, 5.74) is 10.8. The van der Waals surface area contributed by atoms with E-state index in [2.05, 4.69) is 0 Å².